The maximum absolute atomic E-state index is 6.23. The largest absolute Gasteiger partial charge is 0.393 e. The smallest absolute Gasteiger partial charge is 0.0740 e. The molecule has 0 aromatic rings. The molecule has 0 bridgehead atoms. The van der Waals surface area contributed by atoms with Crippen molar-refractivity contribution in [3.8, 4) is 0 Å². The van der Waals surface area contributed by atoms with Gasteiger partial charge in [-0.15, -0.1) is 0 Å². The van der Waals surface area contributed by atoms with Gasteiger partial charge < -0.3 is 10.5 Å². The predicted molar refractivity (Wildman–Crippen MR) is 96.1 cm³/mol. The molecule has 0 saturated carbocycles. The molecule has 2 aliphatic rings. The second-order valence-electron chi connectivity index (χ2n) is 6.90. The number of hydrogen-bond acceptors (Lipinski definition) is 4. The third-order valence-corrected chi connectivity index (χ3v) is 5.82. The molecule has 2 heterocycles. The van der Waals surface area contributed by atoms with Gasteiger partial charge in [0.25, 0.3) is 0 Å². The minimum absolute atomic E-state index is 0.159. The number of ether oxygens (including phenoxy) is 1. The van der Waals surface area contributed by atoms with E-state index in [1.807, 2.05) is 0 Å². The molecule has 1 unspecified atom stereocenters. The quantitative estimate of drug-likeness (QED) is 0.758. The third kappa shape index (κ3) is 5.38. The van der Waals surface area contributed by atoms with Crippen LogP contribution in [0.3, 0.4) is 0 Å². The van der Waals surface area contributed by atoms with Gasteiger partial charge in [-0.05, 0) is 43.1 Å². The van der Waals surface area contributed by atoms with Crippen molar-refractivity contribution in [3.05, 3.63) is 0 Å². The van der Waals surface area contributed by atoms with Gasteiger partial charge >= 0.3 is 0 Å². The molecule has 2 aliphatic heterocycles. The Morgan fingerprint density at radius 2 is 2.14 bits per heavy atom. The number of nitrogens with two attached hydrogens (primary N) is 1. The van der Waals surface area contributed by atoms with Crippen LogP contribution in [-0.2, 0) is 4.74 Å². The molecule has 0 radical (unpaired) electrons. The molecule has 0 amide bonds. The fraction of sp³-hybridized carbons (Fsp3) is 0.938. The van der Waals surface area contributed by atoms with Crippen molar-refractivity contribution < 1.29 is 4.74 Å². The molecular weight excluding hydrogens is 300 g/mol. The Kier molecular flexibility index (Phi) is 6.79. The fourth-order valence-corrected chi connectivity index (χ4v) is 4.88. The van der Waals surface area contributed by atoms with E-state index in [-0.39, 0.29) is 5.60 Å². The molecule has 2 saturated heterocycles. The monoisotopic (exact) mass is 330 g/mol. The van der Waals surface area contributed by atoms with Crippen molar-refractivity contribution in [2.24, 2.45) is 11.7 Å². The lowest BCUT2D eigenvalue weighted by Gasteiger charge is -2.46. The van der Waals surface area contributed by atoms with Gasteiger partial charge in [-0.2, -0.15) is 11.8 Å². The molecule has 3 nitrogen and oxygen atoms in total. The summed E-state index contributed by atoms with van der Waals surface area (Å²) in [5.74, 6) is 3.19. The highest BCUT2D eigenvalue weighted by molar-refractivity contribution is 7.99. The highest BCUT2D eigenvalue weighted by Gasteiger charge is 2.40. The van der Waals surface area contributed by atoms with E-state index in [2.05, 4.69) is 30.5 Å². The summed E-state index contributed by atoms with van der Waals surface area (Å²) in [5, 5.41) is 0. The zero-order valence-corrected chi connectivity index (χ0v) is 15.1. The summed E-state index contributed by atoms with van der Waals surface area (Å²) in [7, 11) is 0. The van der Waals surface area contributed by atoms with Crippen LogP contribution in [0.4, 0.5) is 0 Å². The first-order valence-electron chi connectivity index (χ1n) is 8.25. The second kappa shape index (κ2) is 8.14. The lowest BCUT2D eigenvalue weighted by Crippen LogP contribution is -2.51. The summed E-state index contributed by atoms with van der Waals surface area (Å²) in [4.78, 5) is 3.26. The number of thiocarbonyl (C=S) groups is 1. The lowest BCUT2D eigenvalue weighted by atomic mass is 9.84. The Bertz CT molecular complexity index is 338. The first kappa shape index (κ1) is 17.5. The van der Waals surface area contributed by atoms with Gasteiger partial charge in [0.1, 0.15) is 0 Å². The molecule has 1 atom stereocenters. The molecule has 5 heteroatoms. The Morgan fingerprint density at radius 1 is 1.43 bits per heavy atom. The van der Waals surface area contributed by atoms with E-state index in [1.165, 1.54) is 30.8 Å². The lowest BCUT2D eigenvalue weighted by molar-refractivity contribution is -0.111. The van der Waals surface area contributed by atoms with E-state index in [9.17, 15) is 0 Å². The van der Waals surface area contributed by atoms with Crippen LogP contribution in [0.1, 0.15) is 46.0 Å². The predicted octanol–water partition coefficient (Wildman–Crippen LogP) is 3.07. The molecule has 2 rings (SSSR count). The highest BCUT2D eigenvalue weighted by Crippen LogP contribution is 2.39. The molecular formula is C16H30N2OS2. The summed E-state index contributed by atoms with van der Waals surface area (Å²) < 4.78 is 6.23. The minimum Gasteiger partial charge on any atom is -0.393 e. The van der Waals surface area contributed by atoms with Crippen LogP contribution in [0.25, 0.3) is 0 Å². The van der Waals surface area contributed by atoms with Crippen LogP contribution in [0.5, 0.6) is 0 Å². The number of rotatable bonds is 6. The molecule has 0 aromatic carbocycles. The SMILES string of the molecule is CC(C)CN(CCC(N)=S)C1CCOC2(CCSCC2)C1. The van der Waals surface area contributed by atoms with Crippen molar-refractivity contribution in [1.82, 2.24) is 4.90 Å². The van der Waals surface area contributed by atoms with Gasteiger partial charge in [-0.3, -0.25) is 4.90 Å². The van der Waals surface area contributed by atoms with Gasteiger partial charge in [0.15, 0.2) is 0 Å². The zero-order chi connectivity index (χ0) is 15.3. The van der Waals surface area contributed by atoms with Gasteiger partial charge in [0.2, 0.25) is 0 Å². The molecule has 21 heavy (non-hydrogen) atoms. The number of thioether (sulfide) groups is 1. The van der Waals surface area contributed by atoms with E-state index in [0.29, 0.717) is 16.9 Å². The van der Waals surface area contributed by atoms with Crippen LogP contribution < -0.4 is 5.73 Å². The second-order valence-corrected chi connectivity index (χ2v) is 8.64. The van der Waals surface area contributed by atoms with Gasteiger partial charge in [0, 0.05) is 32.2 Å². The highest BCUT2D eigenvalue weighted by atomic mass is 32.2. The topological polar surface area (TPSA) is 38.5 Å². The van der Waals surface area contributed by atoms with Crippen LogP contribution in [-0.4, -0.2) is 52.7 Å². The van der Waals surface area contributed by atoms with Crippen LogP contribution in [0.2, 0.25) is 0 Å². The number of hydrogen-bond donors (Lipinski definition) is 1. The van der Waals surface area contributed by atoms with E-state index in [4.69, 9.17) is 22.7 Å². The number of nitrogens with zero attached hydrogens (tertiary/aromatic N) is 1. The molecule has 122 valence electrons. The Balaban J connectivity index is 1.98. The Labute approximate surface area is 139 Å². The maximum atomic E-state index is 6.23. The summed E-state index contributed by atoms with van der Waals surface area (Å²) in [6.07, 6.45) is 5.62. The fourth-order valence-electron chi connectivity index (χ4n) is 3.55. The third-order valence-electron chi connectivity index (χ3n) is 4.63. The van der Waals surface area contributed by atoms with Crippen molar-refractivity contribution >= 4 is 29.0 Å². The van der Waals surface area contributed by atoms with E-state index in [1.54, 1.807) is 0 Å². The zero-order valence-electron chi connectivity index (χ0n) is 13.5. The van der Waals surface area contributed by atoms with Gasteiger partial charge in [-0.25, -0.2) is 0 Å². The molecule has 0 aromatic heterocycles. The molecule has 2 N–H and O–H groups in total. The minimum atomic E-state index is 0.159. The summed E-state index contributed by atoms with van der Waals surface area (Å²) in [6.45, 7) is 7.64. The maximum Gasteiger partial charge on any atom is 0.0740 e. The van der Waals surface area contributed by atoms with Crippen LogP contribution in [0.15, 0.2) is 0 Å². The average molecular weight is 331 g/mol. The van der Waals surface area contributed by atoms with Crippen LogP contribution in [0, 0.1) is 5.92 Å². The van der Waals surface area contributed by atoms with Crippen LogP contribution >= 0.6 is 24.0 Å². The van der Waals surface area contributed by atoms with E-state index in [0.717, 1.165) is 32.5 Å². The van der Waals surface area contributed by atoms with E-state index < -0.39 is 0 Å². The Hall–Kier alpha value is 0.160. The summed E-state index contributed by atoms with van der Waals surface area (Å²) in [5.41, 5.74) is 5.87. The normalized spacial score (nSPS) is 25.6. The van der Waals surface area contributed by atoms with Crippen molar-refractivity contribution in [3.63, 3.8) is 0 Å². The van der Waals surface area contributed by atoms with Gasteiger partial charge in [0.05, 0.1) is 10.6 Å². The average Bonchev–Trinajstić information content (AvgIpc) is 2.44. The standard InChI is InChI=1S/C16H30N2OS2/c1-13(2)12-18(7-3-15(17)20)14-4-8-19-16(11-14)5-9-21-10-6-16/h13-14H,3-12H2,1-2H3,(H2,17,20). The van der Waals surface area contributed by atoms with E-state index >= 15 is 0 Å². The molecule has 1 spiro atoms. The van der Waals surface area contributed by atoms with Gasteiger partial charge in [-0.1, -0.05) is 26.1 Å². The Morgan fingerprint density at radius 3 is 2.76 bits per heavy atom. The van der Waals surface area contributed by atoms with Crippen molar-refractivity contribution in [1.29, 1.82) is 0 Å². The summed E-state index contributed by atoms with van der Waals surface area (Å²) >= 11 is 7.14. The van der Waals surface area contributed by atoms with Crippen molar-refractivity contribution in [2.45, 2.75) is 57.6 Å². The molecule has 2 fully saturated rings. The van der Waals surface area contributed by atoms with Crippen molar-refractivity contribution in [2.75, 3.05) is 31.2 Å². The molecule has 0 aliphatic carbocycles. The first-order chi connectivity index (χ1) is 10.0. The first-order valence-corrected chi connectivity index (χ1v) is 9.81. The summed E-state index contributed by atoms with van der Waals surface area (Å²) in [6, 6.07) is 0.638.